The van der Waals surface area contributed by atoms with Crippen molar-refractivity contribution < 1.29 is 28.4 Å². The van der Waals surface area contributed by atoms with Gasteiger partial charge in [0.15, 0.2) is 17.3 Å². The third kappa shape index (κ3) is 3.45. The van der Waals surface area contributed by atoms with Gasteiger partial charge < -0.3 is 18.8 Å². The normalized spacial score (nSPS) is 16.1. The minimum atomic E-state index is -0.932. The zero-order valence-corrected chi connectivity index (χ0v) is 17.9. The number of fused-ring (bicyclic) bond motifs is 1. The van der Waals surface area contributed by atoms with Crippen LogP contribution in [0.2, 0.25) is 0 Å². The van der Waals surface area contributed by atoms with Crippen molar-refractivity contribution in [3.8, 4) is 5.75 Å². The molecule has 0 saturated heterocycles. The topological polar surface area (TPSA) is 106 Å². The SMILES string of the molecule is CCOc1ccc([C@H]2C(C(=O)c3cc4ccccc4o3)=C(O)C(=O)N2c2cc(C)on2)cc1. The van der Waals surface area contributed by atoms with Crippen LogP contribution in [-0.2, 0) is 4.79 Å². The van der Waals surface area contributed by atoms with Crippen LogP contribution >= 0.6 is 0 Å². The standard InChI is InChI=1S/C25H20N2O6/c1-3-31-17-10-8-15(9-11-17)22-21(23(28)19-13-16-6-4-5-7-18(16)32-19)24(29)25(30)27(22)20-12-14(2)33-26-20/h4-13,22,29H,3H2,1-2H3/t22-/m0/s1. The van der Waals surface area contributed by atoms with E-state index in [0.29, 0.717) is 29.3 Å². The average molecular weight is 444 g/mol. The van der Waals surface area contributed by atoms with Crippen molar-refractivity contribution in [1.82, 2.24) is 5.16 Å². The fourth-order valence-electron chi connectivity index (χ4n) is 4.00. The Morgan fingerprint density at radius 1 is 1.15 bits per heavy atom. The van der Waals surface area contributed by atoms with Gasteiger partial charge in [0, 0.05) is 11.5 Å². The van der Waals surface area contributed by atoms with Crippen molar-refractivity contribution in [3.63, 3.8) is 0 Å². The van der Waals surface area contributed by atoms with E-state index >= 15 is 0 Å². The second kappa shape index (κ2) is 7.98. The Hall–Kier alpha value is -4.33. The number of carbonyl (C=O) groups excluding carboxylic acids is 2. The van der Waals surface area contributed by atoms with Gasteiger partial charge in [0.2, 0.25) is 5.78 Å². The summed E-state index contributed by atoms with van der Waals surface area (Å²) < 4.78 is 16.4. The molecule has 0 saturated carbocycles. The van der Waals surface area contributed by atoms with Gasteiger partial charge in [-0.25, -0.2) is 0 Å². The number of Topliss-reactive ketones (excluding diaryl/α,β-unsaturated/α-hetero) is 1. The molecule has 0 aliphatic carbocycles. The fraction of sp³-hybridized carbons (Fsp3) is 0.160. The van der Waals surface area contributed by atoms with E-state index in [1.165, 1.54) is 4.90 Å². The molecular formula is C25H20N2O6. The third-order valence-electron chi connectivity index (χ3n) is 5.47. The lowest BCUT2D eigenvalue weighted by molar-refractivity contribution is -0.117. The summed E-state index contributed by atoms with van der Waals surface area (Å²) in [5.74, 6) is -0.636. The molecule has 0 fully saturated rings. The van der Waals surface area contributed by atoms with Crippen LogP contribution in [0.25, 0.3) is 11.0 Å². The van der Waals surface area contributed by atoms with Crippen molar-refractivity contribution in [3.05, 3.63) is 89.1 Å². The quantitative estimate of drug-likeness (QED) is 0.421. The summed E-state index contributed by atoms with van der Waals surface area (Å²) in [5.41, 5.74) is 1.03. The van der Waals surface area contributed by atoms with E-state index in [1.54, 1.807) is 55.5 Å². The number of amides is 1. The van der Waals surface area contributed by atoms with Crippen molar-refractivity contribution >= 4 is 28.5 Å². The molecule has 1 amide bonds. The Morgan fingerprint density at radius 3 is 2.58 bits per heavy atom. The Kier molecular flexibility index (Phi) is 4.97. The number of anilines is 1. The van der Waals surface area contributed by atoms with E-state index in [2.05, 4.69) is 5.16 Å². The highest BCUT2D eigenvalue weighted by Gasteiger charge is 2.46. The van der Waals surface area contributed by atoms with Gasteiger partial charge in [-0.1, -0.05) is 35.5 Å². The number of carbonyl (C=O) groups is 2. The van der Waals surface area contributed by atoms with Crippen LogP contribution in [0, 0.1) is 6.92 Å². The van der Waals surface area contributed by atoms with E-state index in [9.17, 15) is 14.7 Å². The molecule has 5 rings (SSSR count). The zero-order chi connectivity index (χ0) is 23.1. The van der Waals surface area contributed by atoms with Crippen molar-refractivity contribution in [2.45, 2.75) is 19.9 Å². The van der Waals surface area contributed by atoms with Crippen molar-refractivity contribution in [2.75, 3.05) is 11.5 Å². The highest BCUT2D eigenvalue weighted by atomic mass is 16.5. The van der Waals surface area contributed by atoms with Gasteiger partial charge in [-0.2, -0.15) is 0 Å². The number of benzene rings is 2. The minimum Gasteiger partial charge on any atom is -0.503 e. The number of hydrogen-bond donors (Lipinski definition) is 1. The molecule has 0 unspecified atom stereocenters. The van der Waals surface area contributed by atoms with Crippen LogP contribution in [0.5, 0.6) is 5.75 Å². The molecule has 1 aliphatic heterocycles. The zero-order valence-electron chi connectivity index (χ0n) is 17.9. The average Bonchev–Trinajstić information content (AvgIpc) is 3.51. The predicted octanol–water partition coefficient (Wildman–Crippen LogP) is 4.91. The van der Waals surface area contributed by atoms with E-state index in [-0.39, 0.29) is 17.2 Å². The number of para-hydroxylation sites is 1. The fourth-order valence-corrected chi connectivity index (χ4v) is 4.00. The second-order valence-corrected chi connectivity index (χ2v) is 7.62. The first-order valence-electron chi connectivity index (χ1n) is 10.4. The molecule has 8 nitrogen and oxygen atoms in total. The maximum Gasteiger partial charge on any atom is 0.295 e. The number of aromatic nitrogens is 1. The maximum absolute atomic E-state index is 13.5. The first kappa shape index (κ1) is 20.6. The third-order valence-corrected chi connectivity index (χ3v) is 5.47. The summed E-state index contributed by atoms with van der Waals surface area (Å²) in [6.45, 7) is 4.07. The lowest BCUT2D eigenvalue weighted by Crippen LogP contribution is -2.31. The van der Waals surface area contributed by atoms with Gasteiger partial charge in [0.1, 0.15) is 17.1 Å². The summed E-state index contributed by atoms with van der Waals surface area (Å²) in [4.78, 5) is 27.9. The van der Waals surface area contributed by atoms with E-state index in [4.69, 9.17) is 13.7 Å². The molecular weight excluding hydrogens is 424 g/mol. The van der Waals surface area contributed by atoms with E-state index in [0.717, 1.165) is 5.39 Å². The molecule has 4 aromatic rings. The van der Waals surface area contributed by atoms with Crippen LogP contribution < -0.4 is 9.64 Å². The second-order valence-electron chi connectivity index (χ2n) is 7.62. The maximum atomic E-state index is 13.5. The number of aryl methyl sites for hydroxylation is 1. The lowest BCUT2D eigenvalue weighted by Gasteiger charge is -2.24. The Bertz CT molecular complexity index is 1360. The number of aliphatic hydroxyl groups excluding tert-OH is 1. The molecule has 3 heterocycles. The Morgan fingerprint density at radius 2 is 1.91 bits per heavy atom. The predicted molar refractivity (Wildman–Crippen MR) is 119 cm³/mol. The molecule has 2 aromatic heterocycles. The Labute approximate surface area is 188 Å². The minimum absolute atomic E-state index is 0.0275. The summed E-state index contributed by atoms with van der Waals surface area (Å²) >= 11 is 0. The molecule has 1 N–H and O–H groups in total. The molecule has 0 bridgehead atoms. The molecule has 0 radical (unpaired) electrons. The molecule has 33 heavy (non-hydrogen) atoms. The summed E-state index contributed by atoms with van der Waals surface area (Å²) in [6, 6.07) is 16.4. The van der Waals surface area contributed by atoms with Gasteiger partial charge in [-0.15, -0.1) is 0 Å². The highest BCUT2D eigenvalue weighted by Crippen LogP contribution is 2.42. The largest absolute Gasteiger partial charge is 0.503 e. The van der Waals surface area contributed by atoms with E-state index in [1.807, 2.05) is 19.1 Å². The first-order chi connectivity index (χ1) is 16.0. The summed E-state index contributed by atoms with van der Waals surface area (Å²) in [7, 11) is 0. The smallest absolute Gasteiger partial charge is 0.295 e. The summed E-state index contributed by atoms with van der Waals surface area (Å²) in [6.07, 6.45) is 0. The molecule has 1 atom stereocenters. The highest BCUT2D eigenvalue weighted by molar-refractivity contribution is 6.20. The molecule has 2 aromatic carbocycles. The van der Waals surface area contributed by atoms with Crippen LogP contribution in [0.1, 0.15) is 34.8 Å². The van der Waals surface area contributed by atoms with Crippen molar-refractivity contribution in [1.29, 1.82) is 0 Å². The number of aliphatic hydroxyl groups is 1. The van der Waals surface area contributed by atoms with Crippen LogP contribution in [0.15, 0.2) is 80.9 Å². The molecule has 166 valence electrons. The summed E-state index contributed by atoms with van der Waals surface area (Å²) in [5, 5.41) is 15.5. The van der Waals surface area contributed by atoms with Gasteiger partial charge in [-0.05, 0) is 43.7 Å². The number of nitrogens with zero attached hydrogens (tertiary/aromatic N) is 2. The van der Waals surface area contributed by atoms with E-state index < -0.39 is 23.5 Å². The number of furan rings is 1. The number of ketones is 1. The molecule has 1 aliphatic rings. The van der Waals surface area contributed by atoms with Gasteiger partial charge >= 0.3 is 0 Å². The van der Waals surface area contributed by atoms with Crippen molar-refractivity contribution in [2.24, 2.45) is 0 Å². The number of rotatable bonds is 6. The number of ether oxygens (including phenoxy) is 1. The van der Waals surface area contributed by atoms with Crippen LogP contribution in [0.3, 0.4) is 0 Å². The lowest BCUT2D eigenvalue weighted by atomic mass is 9.95. The monoisotopic (exact) mass is 444 g/mol. The van der Waals surface area contributed by atoms with Gasteiger partial charge in [0.05, 0.1) is 18.2 Å². The van der Waals surface area contributed by atoms with Gasteiger partial charge in [0.25, 0.3) is 5.91 Å². The first-order valence-corrected chi connectivity index (χ1v) is 10.4. The van der Waals surface area contributed by atoms with Crippen LogP contribution in [0.4, 0.5) is 5.82 Å². The number of hydrogen-bond acceptors (Lipinski definition) is 7. The van der Waals surface area contributed by atoms with Crippen LogP contribution in [-0.4, -0.2) is 28.6 Å². The van der Waals surface area contributed by atoms with Gasteiger partial charge in [-0.3, -0.25) is 14.5 Å². The molecule has 0 spiro atoms. The molecule has 8 heteroatoms. The Balaban J connectivity index is 1.63.